The van der Waals surface area contributed by atoms with Crippen LogP contribution in [0.5, 0.6) is 0 Å². The van der Waals surface area contributed by atoms with Gasteiger partial charge in [-0.2, -0.15) is 0 Å². The number of carbonyl (C=O) groups excluding carboxylic acids is 2. The van der Waals surface area contributed by atoms with Gasteiger partial charge in [-0.15, -0.1) is 0 Å². The van der Waals surface area contributed by atoms with Gasteiger partial charge >= 0.3 is 12.0 Å². The van der Waals surface area contributed by atoms with Crippen molar-refractivity contribution in [2.75, 3.05) is 31.1 Å². The molecule has 0 aromatic heterocycles. The quantitative estimate of drug-likeness (QED) is 0.748. The van der Waals surface area contributed by atoms with Crippen molar-refractivity contribution in [3.63, 3.8) is 0 Å². The lowest BCUT2D eigenvalue weighted by molar-refractivity contribution is -0.146. The third kappa shape index (κ3) is 4.18. The number of urea groups is 1. The number of anilines is 1. The fourth-order valence-corrected chi connectivity index (χ4v) is 5.06. The number of likely N-dealkylation sites (tertiary alicyclic amines) is 1. The number of rotatable bonds is 5. The van der Waals surface area contributed by atoms with Crippen LogP contribution >= 0.6 is 0 Å². The number of benzene rings is 1. The highest BCUT2D eigenvalue weighted by Crippen LogP contribution is 2.42. The van der Waals surface area contributed by atoms with Gasteiger partial charge in [0.15, 0.2) is 0 Å². The molecular formula is C23H30FN3O4. The van der Waals surface area contributed by atoms with E-state index in [9.17, 15) is 18.8 Å². The Bertz CT molecular complexity index is 889. The molecule has 2 N–H and O–H groups in total. The zero-order valence-electron chi connectivity index (χ0n) is 18.1. The molecule has 0 atom stereocenters. The fraction of sp³-hybridized carbons (Fsp3) is 0.609. The van der Waals surface area contributed by atoms with Crippen molar-refractivity contribution < 1.29 is 23.9 Å². The van der Waals surface area contributed by atoms with Crippen LogP contribution in [0.1, 0.15) is 45.1 Å². The second-order valence-electron chi connectivity index (χ2n) is 9.73. The minimum Gasteiger partial charge on any atom is -0.481 e. The van der Waals surface area contributed by atoms with Crippen molar-refractivity contribution in [1.82, 2.24) is 10.2 Å². The number of nitrogens with one attached hydrogen (secondary N) is 1. The number of carboxylic acids is 1. The number of aliphatic carboxylic acids is 1. The normalized spacial score (nSPS) is 25.8. The van der Waals surface area contributed by atoms with E-state index in [2.05, 4.69) is 10.2 Å². The van der Waals surface area contributed by atoms with Gasteiger partial charge in [0.2, 0.25) is 5.91 Å². The summed E-state index contributed by atoms with van der Waals surface area (Å²) in [6.07, 6.45) is 3.43. The lowest BCUT2D eigenvalue weighted by atomic mass is 9.74. The molecule has 8 heteroatoms. The average Bonchev–Trinajstić information content (AvgIpc) is 2.88. The first-order valence-corrected chi connectivity index (χ1v) is 11.0. The summed E-state index contributed by atoms with van der Waals surface area (Å²) in [6, 6.07) is 3.63. The van der Waals surface area contributed by atoms with Gasteiger partial charge in [-0.1, -0.05) is 6.07 Å². The van der Waals surface area contributed by atoms with E-state index in [1.54, 1.807) is 19.9 Å². The Kier molecular flexibility index (Phi) is 5.77. The molecule has 0 radical (unpaired) electrons. The van der Waals surface area contributed by atoms with Crippen molar-refractivity contribution in [2.45, 2.75) is 44.9 Å². The van der Waals surface area contributed by atoms with E-state index in [0.717, 1.165) is 50.2 Å². The van der Waals surface area contributed by atoms with Crippen molar-refractivity contribution in [3.8, 4) is 0 Å². The number of carbonyl (C=O) groups is 3. The molecule has 0 spiro atoms. The zero-order chi connectivity index (χ0) is 22.3. The standard InChI is InChI=1S/C23H30FN3O4/c1-23(2)18-4-3-17(24)11-19(18)27(21(23)30)22(31)25-12-14-5-7-26(8-6-14)13-15-9-16(10-15)20(28)29/h3-4,11,14-16H,5-10,12-13H2,1-2H3,(H,25,31)(H,28,29). The van der Waals surface area contributed by atoms with Crippen LogP contribution in [-0.4, -0.2) is 54.1 Å². The molecule has 0 bridgehead atoms. The Hall–Kier alpha value is -2.48. The summed E-state index contributed by atoms with van der Waals surface area (Å²) in [7, 11) is 0. The molecule has 3 aliphatic rings. The predicted molar refractivity (Wildman–Crippen MR) is 113 cm³/mol. The summed E-state index contributed by atoms with van der Waals surface area (Å²) < 4.78 is 13.8. The molecular weight excluding hydrogens is 401 g/mol. The van der Waals surface area contributed by atoms with Gasteiger partial charge in [-0.05, 0) is 82.2 Å². The highest BCUT2D eigenvalue weighted by atomic mass is 19.1. The van der Waals surface area contributed by atoms with Crippen molar-refractivity contribution in [1.29, 1.82) is 0 Å². The van der Waals surface area contributed by atoms with E-state index in [1.807, 2.05) is 0 Å². The number of piperidine rings is 1. The topological polar surface area (TPSA) is 90.0 Å². The van der Waals surface area contributed by atoms with Crippen LogP contribution in [0, 0.1) is 23.6 Å². The summed E-state index contributed by atoms with van der Waals surface area (Å²) in [5.41, 5.74) is 0.110. The predicted octanol–water partition coefficient (Wildman–Crippen LogP) is 2.98. The summed E-state index contributed by atoms with van der Waals surface area (Å²) in [5, 5.41) is 11.9. The SMILES string of the molecule is CC1(C)C(=O)N(C(=O)NCC2CCN(CC3CC(C(=O)O)C3)CC2)c2cc(F)ccc21. The van der Waals surface area contributed by atoms with Crippen LogP contribution in [0.3, 0.4) is 0 Å². The van der Waals surface area contributed by atoms with Crippen LogP contribution < -0.4 is 10.2 Å². The Balaban J connectivity index is 1.26. The number of hydrogen-bond acceptors (Lipinski definition) is 4. The van der Waals surface area contributed by atoms with E-state index in [-0.39, 0.29) is 11.8 Å². The second-order valence-corrected chi connectivity index (χ2v) is 9.73. The highest BCUT2D eigenvalue weighted by Gasteiger charge is 2.47. The van der Waals surface area contributed by atoms with Gasteiger partial charge in [0.05, 0.1) is 17.0 Å². The first-order valence-electron chi connectivity index (χ1n) is 11.0. The van der Waals surface area contributed by atoms with Gasteiger partial charge in [0.25, 0.3) is 0 Å². The summed E-state index contributed by atoms with van der Waals surface area (Å²) in [4.78, 5) is 40.0. The second kappa shape index (κ2) is 8.22. The molecule has 1 aliphatic carbocycles. The summed E-state index contributed by atoms with van der Waals surface area (Å²) in [6.45, 7) is 6.78. The first kappa shape index (κ1) is 21.7. The number of carboxylic acid groups (broad SMARTS) is 1. The highest BCUT2D eigenvalue weighted by molar-refractivity contribution is 6.22. The summed E-state index contributed by atoms with van der Waals surface area (Å²) >= 11 is 0. The van der Waals surface area contributed by atoms with Crippen LogP contribution in [-0.2, 0) is 15.0 Å². The van der Waals surface area contributed by atoms with Gasteiger partial charge in [-0.25, -0.2) is 14.1 Å². The number of nitrogens with zero attached hydrogens (tertiary/aromatic N) is 2. The molecule has 1 aromatic carbocycles. The maximum atomic E-state index is 13.8. The Labute approximate surface area is 181 Å². The van der Waals surface area contributed by atoms with Crippen LogP contribution in [0.25, 0.3) is 0 Å². The summed E-state index contributed by atoms with van der Waals surface area (Å²) in [5.74, 6) is -0.880. The number of amides is 3. The largest absolute Gasteiger partial charge is 0.481 e. The van der Waals surface area contributed by atoms with Gasteiger partial charge < -0.3 is 15.3 Å². The molecule has 4 rings (SSSR count). The van der Waals surface area contributed by atoms with E-state index >= 15 is 0 Å². The lowest BCUT2D eigenvalue weighted by Gasteiger charge is -2.39. The molecule has 2 fully saturated rings. The molecule has 2 aliphatic heterocycles. The average molecular weight is 432 g/mol. The van der Waals surface area contributed by atoms with Crippen molar-refractivity contribution >= 4 is 23.6 Å². The van der Waals surface area contributed by atoms with Gasteiger partial charge in [-0.3, -0.25) is 9.59 Å². The molecule has 168 valence electrons. The number of hydrogen-bond donors (Lipinski definition) is 2. The first-order chi connectivity index (χ1) is 14.7. The van der Waals surface area contributed by atoms with Gasteiger partial charge in [0, 0.05) is 13.1 Å². The van der Waals surface area contributed by atoms with E-state index < -0.39 is 23.2 Å². The van der Waals surface area contributed by atoms with Crippen molar-refractivity contribution in [3.05, 3.63) is 29.6 Å². The number of fused-ring (bicyclic) bond motifs is 1. The molecule has 1 aromatic rings. The maximum Gasteiger partial charge on any atom is 0.328 e. The third-order valence-corrected chi connectivity index (χ3v) is 7.17. The molecule has 1 saturated heterocycles. The number of imide groups is 1. The van der Waals surface area contributed by atoms with Crippen LogP contribution in [0.15, 0.2) is 18.2 Å². The lowest BCUT2D eigenvalue weighted by Crippen LogP contribution is -2.48. The smallest absolute Gasteiger partial charge is 0.328 e. The third-order valence-electron chi connectivity index (χ3n) is 7.17. The van der Waals surface area contributed by atoms with E-state index in [0.29, 0.717) is 29.6 Å². The molecule has 2 heterocycles. The molecule has 3 amide bonds. The van der Waals surface area contributed by atoms with Crippen molar-refractivity contribution in [2.24, 2.45) is 17.8 Å². The molecule has 0 unspecified atom stereocenters. The molecule has 7 nitrogen and oxygen atoms in total. The molecule has 31 heavy (non-hydrogen) atoms. The maximum absolute atomic E-state index is 13.8. The van der Waals surface area contributed by atoms with E-state index in [1.165, 1.54) is 12.1 Å². The van der Waals surface area contributed by atoms with Crippen LogP contribution in [0.4, 0.5) is 14.9 Å². The van der Waals surface area contributed by atoms with Crippen LogP contribution in [0.2, 0.25) is 0 Å². The monoisotopic (exact) mass is 431 g/mol. The van der Waals surface area contributed by atoms with E-state index in [4.69, 9.17) is 5.11 Å². The Morgan fingerprint density at radius 1 is 1.19 bits per heavy atom. The minimum absolute atomic E-state index is 0.172. The van der Waals surface area contributed by atoms with Gasteiger partial charge in [0.1, 0.15) is 5.82 Å². The zero-order valence-corrected chi connectivity index (χ0v) is 18.1. The molecule has 1 saturated carbocycles. The minimum atomic E-state index is -0.868. The fourth-order valence-electron chi connectivity index (χ4n) is 5.06. The Morgan fingerprint density at radius 2 is 1.87 bits per heavy atom. The Morgan fingerprint density at radius 3 is 2.52 bits per heavy atom. The number of halogens is 1.